The Bertz CT molecular complexity index is 1200. The third-order valence-electron chi connectivity index (χ3n) is 6.13. The van der Waals surface area contributed by atoms with Crippen molar-refractivity contribution in [1.29, 1.82) is 0 Å². The molecule has 7 nitrogen and oxygen atoms in total. The number of nitrogens with one attached hydrogen (secondary N) is 2. The Morgan fingerprint density at radius 2 is 1.79 bits per heavy atom. The van der Waals surface area contributed by atoms with Gasteiger partial charge in [-0.2, -0.15) is 0 Å². The zero-order chi connectivity index (χ0) is 22.6. The van der Waals surface area contributed by atoms with Crippen LogP contribution in [0.1, 0.15) is 12.1 Å². The number of carbonyl (C=O) groups is 1. The normalized spacial score (nSPS) is 17.0. The fraction of sp³-hybridized carbons (Fsp3) is 0.360. The lowest BCUT2D eigenvalue weighted by atomic mass is 10.2. The predicted octanol–water partition coefficient (Wildman–Crippen LogP) is 3.16. The number of para-hydroxylation sites is 1. The van der Waals surface area contributed by atoms with Gasteiger partial charge in [0.2, 0.25) is 5.91 Å². The molecule has 0 saturated carbocycles. The van der Waals surface area contributed by atoms with Gasteiger partial charge in [-0.25, -0.2) is 0 Å². The molecule has 3 heterocycles. The number of aromatic nitrogens is 1. The topological polar surface area (TPSA) is 77.7 Å². The monoisotopic (exact) mass is 464 g/mol. The number of H-pyrrole nitrogens is 1. The molecule has 0 aliphatic carbocycles. The molecule has 1 fully saturated rings. The molecule has 8 heteroatoms. The van der Waals surface area contributed by atoms with Crippen LogP contribution in [0.5, 0.6) is 5.75 Å². The maximum absolute atomic E-state index is 12.3. The number of ether oxygens (including phenoxy) is 1. The number of aromatic amines is 1. The summed E-state index contributed by atoms with van der Waals surface area (Å²) in [6.45, 7) is 6.48. The third-order valence-corrected chi connectivity index (χ3v) is 7.18. The predicted molar refractivity (Wildman–Crippen MR) is 132 cm³/mol. The van der Waals surface area contributed by atoms with E-state index in [2.05, 4.69) is 20.1 Å². The number of nitrogens with zero attached hydrogens (tertiary/aromatic N) is 2. The second-order valence-corrected chi connectivity index (χ2v) is 9.54. The highest BCUT2D eigenvalue weighted by Gasteiger charge is 2.18. The molecule has 0 radical (unpaired) electrons. The van der Waals surface area contributed by atoms with E-state index in [9.17, 15) is 9.59 Å². The number of fused-ring (bicyclic) bond motifs is 2. The molecular formula is C25H28N4O3S. The zero-order valence-corrected chi connectivity index (χ0v) is 19.3. The average molecular weight is 465 g/mol. The number of pyridine rings is 1. The van der Waals surface area contributed by atoms with Crippen LogP contribution in [-0.2, 0) is 11.3 Å². The number of piperazine rings is 1. The Morgan fingerprint density at radius 1 is 0.970 bits per heavy atom. The van der Waals surface area contributed by atoms with E-state index in [1.165, 1.54) is 0 Å². The minimum Gasteiger partial charge on any atom is -0.494 e. The van der Waals surface area contributed by atoms with Crippen molar-refractivity contribution in [3.8, 4) is 5.75 Å². The van der Waals surface area contributed by atoms with Crippen molar-refractivity contribution in [1.82, 2.24) is 14.8 Å². The minimum atomic E-state index is 0.0480. The van der Waals surface area contributed by atoms with E-state index in [0.29, 0.717) is 12.4 Å². The SMILES string of the molecule is O=C1CSc2cc(OCCCN3CCN(Cc4cc(=O)c5ccccc5[nH]4)CC3)ccc2N1. The van der Waals surface area contributed by atoms with Crippen molar-refractivity contribution in [2.24, 2.45) is 0 Å². The highest BCUT2D eigenvalue weighted by molar-refractivity contribution is 8.00. The van der Waals surface area contributed by atoms with Crippen molar-refractivity contribution < 1.29 is 9.53 Å². The molecule has 33 heavy (non-hydrogen) atoms. The molecular weight excluding hydrogens is 436 g/mol. The Balaban J connectivity index is 1.05. The van der Waals surface area contributed by atoms with Crippen LogP contribution in [0, 0.1) is 0 Å². The quantitative estimate of drug-likeness (QED) is 0.523. The molecule has 172 valence electrons. The summed E-state index contributed by atoms with van der Waals surface area (Å²) in [7, 11) is 0. The number of amides is 1. The minimum absolute atomic E-state index is 0.0480. The van der Waals surface area contributed by atoms with Gasteiger partial charge >= 0.3 is 0 Å². The number of hydrogen-bond acceptors (Lipinski definition) is 6. The summed E-state index contributed by atoms with van der Waals surface area (Å²) in [5.74, 6) is 1.36. The fourth-order valence-electron chi connectivity index (χ4n) is 4.37. The van der Waals surface area contributed by atoms with Crippen molar-refractivity contribution in [3.63, 3.8) is 0 Å². The van der Waals surface area contributed by atoms with Crippen molar-refractivity contribution in [2.75, 3.05) is 50.4 Å². The van der Waals surface area contributed by atoms with Crippen molar-refractivity contribution in [2.45, 2.75) is 17.9 Å². The van der Waals surface area contributed by atoms with Crippen LogP contribution in [0.15, 0.2) is 58.2 Å². The van der Waals surface area contributed by atoms with Crippen LogP contribution in [0.2, 0.25) is 0 Å². The van der Waals surface area contributed by atoms with Crippen molar-refractivity contribution in [3.05, 3.63) is 64.4 Å². The van der Waals surface area contributed by atoms with E-state index >= 15 is 0 Å². The van der Waals surface area contributed by atoms with Gasteiger partial charge in [-0.3, -0.25) is 14.5 Å². The molecule has 2 aromatic carbocycles. The molecule has 5 rings (SSSR count). The number of carbonyl (C=O) groups excluding carboxylic acids is 1. The largest absolute Gasteiger partial charge is 0.494 e. The van der Waals surface area contributed by atoms with Gasteiger partial charge in [0, 0.05) is 66.8 Å². The average Bonchev–Trinajstić information content (AvgIpc) is 2.83. The Hall–Kier alpha value is -2.81. The maximum atomic E-state index is 12.3. The second kappa shape index (κ2) is 9.99. The first-order chi connectivity index (χ1) is 16.1. The number of rotatable bonds is 7. The van der Waals surface area contributed by atoms with Crippen molar-refractivity contribution >= 4 is 34.3 Å². The van der Waals surface area contributed by atoms with Gasteiger partial charge in [0.15, 0.2) is 5.43 Å². The van der Waals surface area contributed by atoms with Crippen LogP contribution < -0.4 is 15.5 Å². The summed E-state index contributed by atoms with van der Waals surface area (Å²) < 4.78 is 5.94. The molecule has 0 atom stereocenters. The zero-order valence-electron chi connectivity index (χ0n) is 18.5. The van der Waals surface area contributed by atoms with Gasteiger partial charge in [0.25, 0.3) is 0 Å². The van der Waals surface area contributed by atoms with E-state index in [1.54, 1.807) is 17.8 Å². The van der Waals surface area contributed by atoms with E-state index in [-0.39, 0.29) is 11.3 Å². The summed E-state index contributed by atoms with van der Waals surface area (Å²) in [6, 6.07) is 15.3. The number of thioether (sulfide) groups is 1. The molecule has 1 aromatic heterocycles. The van der Waals surface area contributed by atoms with E-state index in [0.717, 1.165) is 78.6 Å². The summed E-state index contributed by atoms with van der Waals surface area (Å²) in [4.78, 5) is 33.2. The lowest BCUT2D eigenvalue weighted by Gasteiger charge is -2.34. The van der Waals surface area contributed by atoms with E-state index in [4.69, 9.17) is 4.74 Å². The van der Waals surface area contributed by atoms with Crippen LogP contribution in [0.25, 0.3) is 10.9 Å². The molecule has 2 N–H and O–H groups in total. The highest BCUT2D eigenvalue weighted by Crippen LogP contribution is 2.34. The lowest BCUT2D eigenvalue weighted by molar-refractivity contribution is -0.113. The first-order valence-electron chi connectivity index (χ1n) is 11.4. The van der Waals surface area contributed by atoms with Gasteiger partial charge in [0.1, 0.15) is 5.75 Å². The summed E-state index contributed by atoms with van der Waals surface area (Å²) in [5.41, 5.74) is 2.83. The molecule has 2 aliphatic heterocycles. The van der Waals surface area contributed by atoms with Crippen LogP contribution in [-0.4, -0.2) is 65.8 Å². The molecule has 2 aliphatic rings. The first-order valence-corrected chi connectivity index (χ1v) is 12.4. The molecule has 1 saturated heterocycles. The third kappa shape index (κ3) is 5.40. The summed E-state index contributed by atoms with van der Waals surface area (Å²) >= 11 is 1.55. The number of benzene rings is 2. The van der Waals surface area contributed by atoms with Gasteiger partial charge in [-0.15, -0.1) is 11.8 Å². The van der Waals surface area contributed by atoms with Crippen LogP contribution in [0.3, 0.4) is 0 Å². The summed E-state index contributed by atoms with van der Waals surface area (Å²) in [5, 5.41) is 3.63. The standard InChI is InChI=1S/C25H28N4O3S/c30-23-14-18(26-21-5-2-1-4-20(21)23)16-29-11-9-28(10-12-29)8-3-13-32-19-6-7-22-24(15-19)33-17-25(31)27-22/h1-2,4-7,14-15H,3,8-13,16-17H2,(H,26,30)(H,27,31). The fourth-order valence-corrected chi connectivity index (χ4v) is 5.20. The number of anilines is 1. The lowest BCUT2D eigenvalue weighted by Crippen LogP contribution is -2.46. The van der Waals surface area contributed by atoms with Gasteiger partial charge in [-0.05, 0) is 36.8 Å². The van der Waals surface area contributed by atoms with Crippen LogP contribution >= 0.6 is 11.8 Å². The Morgan fingerprint density at radius 3 is 2.67 bits per heavy atom. The van der Waals surface area contributed by atoms with Crippen LogP contribution in [0.4, 0.5) is 5.69 Å². The molecule has 0 unspecified atom stereocenters. The molecule has 0 bridgehead atoms. The Labute approximate surface area is 197 Å². The molecule has 1 amide bonds. The van der Waals surface area contributed by atoms with E-state index < -0.39 is 0 Å². The van der Waals surface area contributed by atoms with Gasteiger partial charge in [-0.1, -0.05) is 12.1 Å². The van der Waals surface area contributed by atoms with E-state index in [1.807, 2.05) is 42.5 Å². The van der Waals surface area contributed by atoms with Gasteiger partial charge in [0.05, 0.1) is 18.0 Å². The maximum Gasteiger partial charge on any atom is 0.234 e. The Kier molecular flexibility index (Phi) is 6.66. The second-order valence-electron chi connectivity index (χ2n) is 8.52. The number of hydrogen-bond donors (Lipinski definition) is 2. The molecule has 3 aromatic rings. The summed E-state index contributed by atoms with van der Waals surface area (Å²) in [6.07, 6.45) is 0.971. The van der Waals surface area contributed by atoms with Gasteiger partial charge < -0.3 is 19.9 Å². The first kappa shape index (κ1) is 22.0. The molecule has 0 spiro atoms. The smallest absolute Gasteiger partial charge is 0.234 e. The highest BCUT2D eigenvalue weighted by atomic mass is 32.2.